The molecule has 1 atom stereocenters. The van der Waals surface area contributed by atoms with Gasteiger partial charge in [-0.25, -0.2) is 9.97 Å². The van der Waals surface area contributed by atoms with Crippen LogP contribution in [-0.2, 0) is 0 Å². The van der Waals surface area contributed by atoms with E-state index in [9.17, 15) is 0 Å². The predicted molar refractivity (Wildman–Crippen MR) is 79.7 cm³/mol. The second kappa shape index (κ2) is 7.45. The number of aromatic nitrogens is 2. The molecular formula is C15H20N4O. The van der Waals surface area contributed by atoms with Crippen LogP contribution in [0, 0.1) is 0 Å². The first kappa shape index (κ1) is 14.3. The average Bonchev–Trinajstić information content (AvgIpc) is 2.52. The minimum Gasteiger partial charge on any atom is -0.478 e. The lowest BCUT2D eigenvalue weighted by Crippen LogP contribution is -2.21. The lowest BCUT2D eigenvalue weighted by molar-refractivity contribution is 0.305. The van der Waals surface area contributed by atoms with Crippen LogP contribution in [0.4, 0.5) is 5.82 Å². The molecule has 0 amide bonds. The molecule has 1 aromatic heterocycles. The van der Waals surface area contributed by atoms with Crippen LogP contribution in [0.1, 0.15) is 24.9 Å². The quantitative estimate of drug-likeness (QED) is 0.809. The lowest BCUT2D eigenvalue weighted by atomic mass is 10.1. The zero-order valence-corrected chi connectivity index (χ0v) is 11.6. The zero-order valence-electron chi connectivity index (χ0n) is 11.6. The van der Waals surface area contributed by atoms with Gasteiger partial charge in [0.05, 0.1) is 6.61 Å². The Balaban J connectivity index is 1.90. The summed E-state index contributed by atoms with van der Waals surface area (Å²) in [5.74, 6) is 1.30. The Labute approximate surface area is 119 Å². The van der Waals surface area contributed by atoms with Crippen molar-refractivity contribution < 1.29 is 4.74 Å². The highest BCUT2D eigenvalue weighted by Gasteiger charge is 2.06. The fourth-order valence-electron chi connectivity index (χ4n) is 1.75. The molecule has 0 aliphatic rings. The maximum atomic E-state index is 6.12. The maximum Gasteiger partial charge on any atom is 0.218 e. The fraction of sp³-hybridized carbons (Fsp3) is 0.333. The maximum absolute atomic E-state index is 6.12. The van der Waals surface area contributed by atoms with Crippen LogP contribution in [0.5, 0.6) is 5.88 Å². The number of hydrogen-bond donors (Lipinski definition) is 2. The third-order valence-corrected chi connectivity index (χ3v) is 2.83. The van der Waals surface area contributed by atoms with E-state index in [1.165, 1.54) is 6.33 Å². The van der Waals surface area contributed by atoms with Gasteiger partial charge >= 0.3 is 0 Å². The topological polar surface area (TPSA) is 73.1 Å². The molecule has 0 radical (unpaired) electrons. The average molecular weight is 272 g/mol. The standard InChI is InChI=1S/C15H20N4O/c1-2-8-20-15-9-14(18-11-19-15)17-10-13(16)12-6-4-3-5-7-12/h3-7,9,11,13H,2,8,10,16H2,1H3,(H,17,18,19). The van der Waals surface area contributed by atoms with Gasteiger partial charge in [0.1, 0.15) is 12.1 Å². The molecule has 5 nitrogen and oxygen atoms in total. The van der Waals surface area contributed by atoms with Gasteiger partial charge in [-0.2, -0.15) is 0 Å². The highest BCUT2D eigenvalue weighted by atomic mass is 16.5. The summed E-state index contributed by atoms with van der Waals surface area (Å²) in [4.78, 5) is 8.21. The van der Waals surface area contributed by atoms with Crippen LogP contribution in [0.15, 0.2) is 42.7 Å². The van der Waals surface area contributed by atoms with Crippen molar-refractivity contribution in [3.8, 4) is 5.88 Å². The molecular weight excluding hydrogens is 252 g/mol. The fourth-order valence-corrected chi connectivity index (χ4v) is 1.75. The second-order valence-electron chi connectivity index (χ2n) is 4.49. The van der Waals surface area contributed by atoms with Crippen molar-refractivity contribution >= 4 is 5.82 Å². The van der Waals surface area contributed by atoms with E-state index in [0.29, 0.717) is 19.0 Å². The van der Waals surface area contributed by atoms with Gasteiger partial charge in [-0.3, -0.25) is 0 Å². The molecule has 0 aliphatic carbocycles. The molecule has 0 saturated heterocycles. The summed E-state index contributed by atoms with van der Waals surface area (Å²) in [5.41, 5.74) is 7.22. The van der Waals surface area contributed by atoms with E-state index >= 15 is 0 Å². The first-order valence-corrected chi connectivity index (χ1v) is 6.79. The number of ether oxygens (including phenoxy) is 1. The molecule has 2 rings (SSSR count). The summed E-state index contributed by atoms with van der Waals surface area (Å²) in [6.45, 7) is 3.31. The lowest BCUT2D eigenvalue weighted by Gasteiger charge is -2.13. The molecule has 1 aromatic carbocycles. The second-order valence-corrected chi connectivity index (χ2v) is 4.49. The van der Waals surface area contributed by atoms with Gasteiger partial charge in [0.2, 0.25) is 5.88 Å². The number of benzene rings is 1. The van der Waals surface area contributed by atoms with Crippen LogP contribution in [-0.4, -0.2) is 23.1 Å². The van der Waals surface area contributed by atoms with Crippen LogP contribution < -0.4 is 15.8 Å². The van der Waals surface area contributed by atoms with Crippen molar-refractivity contribution in [3.05, 3.63) is 48.3 Å². The van der Waals surface area contributed by atoms with Crippen molar-refractivity contribution in [3.63, 3.8) is 0 Å². The van der Waals surface area contributed by atoms with Gasteiger partial charge in [0.25, 0.3) is 0 Å². The molecule has 1 unspecified atom stereocenters. The largest absolute Gasteiger partial charge is 0.478 e. The highest BCUT2D eigenvalue weighted by Crippen LogP contribution is 2.14. The molecule has 0 saturated carbocycles. The van der Waals surface area contributed by atoms with E-state index in [-0.39, 0.29) is 6.04 Å². The molecule has 5 heteroatoms. The van der Waals surface area contributed by atoms with E-state index in [1.54, 1.807) is 6.07 Å². The van der Waals surface area contributed by atoms with Gasteiger partial charge in [-0.05, 0) is 12.0 Å². The molecule has 0 spiro atoms. The van der Waals surface area contributed by atoms with Crippen LogP contribution in [0.25, 0.3) is 0 Å². The molecule has 0 aliphatic heterocycles. The van der Waals surface area contributed by atoms with Crippen molar-refractivity contribution in [2.75, 3.05) is 18.5 Å². The SMILES string of the molecule is CCCOc1cc(NCC(N)c2ccccc2)ncn1. The molecule has 20 heavy (non-hydrogen) atoms. The van der Waals surface area contributed by atoms with Gasteiger partial charge < -0.3 is 15.8 Å². The van der Waals surface area contributed by atoms with Gasteiger partial charge in [0.15, 0.2) is 0 Å². The number of nitrogens with one attached hydrogen (secondary N) is 1. The van der Waals surface area contributed by atoms with E-state index < -0.39 is 0 Å². The Kier molecular flexibility index (Phi) is 5.32. The number of nitrogens with zero attached hydrogens (tertiary/aromatic N) is 2. The minimum atomic E-state index is -0.0776. The van der Waals surface area contributed by atoms with E-state index in [1.807, 2.05) is 30.3 Å². The van der Waals surface area contributed by atoms with Crippen molar-refractivity contribution in [2.45, 2.75) is 19.4 Å². The normalized spacial score (nSPS) is 11.9. The summed E-state index contributed by atoms with van der Waals surface area (Å²) >= 11 is 0. The number of anilines is 1. The first-order chi connectivity index (χ1) is 9.79. The molecule has 3 N–H and O–H groups in total. The van der Waals surface area contributed by atoms with Crippen molar-refractivity contribution in [1.82, 2.24) is 9.97 Å². The zero-order chi connectivity index (χ0) is 14.2. The van der Waals surface area contributed by atoms with E-state index in [0.717, 1.165) is 17.8 Å². The summed E-state index contributed by atoms with van der Waals surface area (Å²) in [5, 5.41) is 3.20. The van der Waals surface area contributed by atoms with Crippen molar-refractivity contribution in [1.29, 1.82) is 0 Å². The Morgan fingerprint density at radius 3 is 2.80 bits per heavy atom. The Bertz CT molecular complexity index is 518. The number of rotatable bonds is 7. The highest BCUT2D eigenvalue weighted by molar-refractivity contribution is 5.37. The summed E-state index contributed by atoms with van der Waals surface area (Å²) in [7, 11) is 0. The molecule has 0 fully saturated rings. The van der Waals surface area contributed by atoms with Crippen molar-refractivity contribution in [2.24, 2.45) is 5.73 Å². The summed E-state index contributed by atoms with van der Waals surface area (Å²) in [6.07, 6.45) is 2.44. The molecule has 0 bridgehead atoms. The Morgan fingerprint density at radius 2 is 2.05 bits per heavy atom. The third kappa shape index (κ3) is 4.20. The minimum absolute atomic E-state index is 0.0776. The molecule has 1 heterocycles. The van der Waals surface area contributed by atoms with Crippen LogP contribution >= 0.6 is 0 Å². The summed E-state index contributed by atoms with van der Waals surface area (Å²) in [6, 6.07) is 11.7. The van der Waals surface area contributed by atoms with Crippen LogP contribution in [0.3, 0.4) is 0 Å². The molecule has 106 valence electrons. The summed E-state index contributed by atoms with van der Waals surface area (Å²) < 4.78 is 5.46. The van der Waals surface area contributed by atoms with Crippen LogP contribution in [0.2, 0.25) is 0 Å². The number of nitrogens with two attached hydrogens (primary N) is 1. The van der Waals surface area contributed by atoms with Gasteiger partial charge in [0, 0.05) is 18.7 Å². The third-order valence-electron chi connectivity index (χ3n) is 2.83. The first-order valence-electron chi connectivity index (χ1n) is 6.79. The van der Waals surface area contributed by atoms with Gasteiger partial charge in [-0.15, -0.1) is 0 Å². The van der Waals surface area contributed by atoms with E-state index in [4.69, 9.17) is 10.5 Å². The number of hydrogen-bond acceptors (Lipinski definition) is 5. The van der Waals surface area contributed by atoms with E-state index in [2.05, 4.69) is 22.2 Å². The monoisotopic (exact) mass is 272 g/mol. The smallest absolute Gasteiger partial charge is 0.218 e. The Hall–Kier alpha value is -2.14. The predicted octanol–water partition coefficient (Wildman–Crippen LogP) is 2.38. The molecule has 2 aromatic rings. The van der Waals surface area contributed by atoms with Gasteiger partial charge in [-0.1, -0.05) is 37.3 Å². The Morgan fingerprint density at radius 1 is 1.25 bits per heavy atom.